The molecule has 3 unspecified atom stereocenters. The molecule has 0 aromatic carbocycles. The first-order valence-corrected chi connectivity index (χ1v) is 7.16. The average molecular weight is 269 g/mol. The van der Waals surface area contributed by atoms with Crippen molar-refractivity contribution in [1.82, 2.24) is 5.32 Å². The van der Waals surface area contributed by atoms with E-state index in [1.54, 1.807) is 0 Å². The summed E-state index contributed by atoms with van der Waals surface area (Å²) in [7, 11) is 0. The number of rotatable bonds is 5. The molecule has 0 spiro atoms. The average Bonchev–Trinajstić information content (AvgIpc) is 2.68. The van der Waals surface area contributed by atoms with Gasteiger partial charge in [-0.25, -0.2) is 0 Å². The van der Waals surface area contributed by atoms with Crippen molar-refractivity contribution in [2.24, 2.45) is 17.8 Å². The fourth-order valence-electron chi connectivity index (χ4n) is 3.22. The van der Waals surface area contributed by atoms with E-state index in [4.69, 9.17) is 9.84 Å². The largest absolute Gasteiger partial charge is 0.481 e. The Balaban J connectivity index is 1.81. The van der Waals surface area contributed by atoms with Crippen LogP contribution in [-0.2, 0) is 14.3 Å². The first-order chi connectivity index (χ1) is 9.01. The van der Waals surface area contributed by atoms with Crippen LogP contribution in [-0.4, -0.2) is 35.7 Å². The molecule has 2 fully saturated rings. The van der Waals surface area contributed by atoms with Gasteiger partial charge in [-0.2, -0.15) is 0 Å². The van der Waals surface area contributed by atoms with Crippen LogP contribution in [0.1, 0.15) is 39.5 Å². The molecule has 5 nitrogen and oxygen atoms in total. The SMILES string of the molecule is CCOC1CC(NC(=O)C2CC(C)CC2C(=O)O)C1. The number of carboxylic acid groups (broad SMARTS) is 1. The zero-order chi connectivity index (χ0) is 14.0. The van der Waals surface area contributed by atoms with E-state index in [9.17, 15) is 9.59 Å². The zero-order valence-electron chi connectivity index (χ0n) is 11.6. The van der Waals surface area contributed by atoms with Gasteiger partial charge in [0.05, 0.1) is 17.9 Å². The first-order valence-electron chi connectivity index (χ1n) is 7.16. The molecule has 19 heavy (non-hydrogen) atoms. The molecule has 1 amide bonds. The van der Waals surface area contributed by atoms with Crippen LogP contribution in [0.25, 0.3) is 0 Å². The Morgan fingerprint density at radius 1 is 1.21 bits per heavy atom. The van der Waals surface area contributed by atoms with E-state index in [0.717, 1.165) is 12.8 Å². The summed E-state index contributed by atoms with van der Waals surface area (Å²) in [6.07, 6.45) is 3.25. The molecule has 2 aliphatic carbocycles. The molecule has 2 N–H and O–H groups in total. The third-order valence-corrected chi connectivity index (χ3v) is 4.30. The molecule has 2 saturated carbocycles. The number of hydrogen-bond acceptors (Lipinski definition) is 3. The molecule has 3 atom stereocenters. The van der Waals surface area contributed by atoms with Crippen LogP contribution in [0.3, 0.4) is 0 Å². The van der Waals surface area contributed by atoms with Gasteiger partial charge < -0.3 is 15.2 Å². The molecule has 108 valence electrons. The number of carboxylic acids is 1. The van der Waals surface area contributed by atoms with E-state index in [1.807, 2.05) is 13.8 Å². The maximum atomic E-state index is 12.2. The molecule has 5 heteroatoms. The van der Waals surface area contributed by atoms with Gasteiger partial charge in [-0.1, -0.05) is 6.92 Å². The lowest BCUT2D eigenvalue weighted by atomic mass is 9.87. The summed E-state index contributed by atoms with van der Waals surface area (Å²) < 4.78 is 5.45. The molecule has 0 aromatic heterocycles. The molecular formula is C14H23NO4. The van der Waals surface area contributed by atoms with Crippen molar-refractivity contribution in [2.45, 2.75) is 51.7 Å². The lowest BCUT2D eigenvalue weighted by molar-refractivity contribution is -0.146. The summed E-state index contributed by atoms with van der Waals surface area (Å²) >= 11 is 0. The number of amides is 1. The minimum Gasteiger partial charge on any atom is -0.481 e. The maximum Gasteiger partial charge on any atom is 0.307 e. The van der Waals surface area contributed by atoms with Crippen molar-refractivity contribution < 1.29 is 19.4 Å². The van der Waals surface area contributed by atoms with Crippen molar-refractivity contribution in [1.29, 1.82) is 0 Å². The number of nitrogens with one attached hydrogen (secondary N) is 1. The summed E-state index contributed by atoms with van der Waals surface area (Å²) in [5.41, 5.74) is 0. The highest BCUT2D eigenvalue weighted by Gasteiger charge is 2.42. The van der Waals surface area contributed by atoms with Gasteiger partial charge in [0.2, 0.25) is 5.91 Å². The van der Waals surface area contributed by atoms with Gasteiger partial charge in [0.1, 0.15) is 0 Å². The van der Waals surface area contributed by atoms with Crippen molar-refractivity contribution in [3.63, 3.8) is 0 Å². The molecule has 0 bridgehead atoms. The van der Waals surface area contributed by atoms with Crippen molar-refractivity contribution in [3.05, 3.63) is 0 Å². The molecule has 0 saturated heterocycles. The lowest BCUT2D eigenvalue weighted by Crippen LogP contribution is -2.50. The van der Waals surface area contributed by atoms with Gasteiger partial charge in [-0.15, -0.1) is 0 Å². The van der Waals surface area contributed by atoms with E-state index in [1.165, 1.54) is 0 Å². The molecule has 0 aliphatic heterocycles. The fourth-order valence-corrected chi connectivity index (χ4v) is 3.22. The minimum absolute atomic E-state index is 0.0864. The molecule has 0 heterocycles. The van der Waals surface area contributed by atoms with Crippen molar-refractivity contribution in [2.75, 3.05) is 6.61 Å². The highest BCUT2D eigenvalue weighted by atomic mass is 16.5. The quantitative estimate of drug-likeness (QED) is 0.791. The molecule has 2 aliphatic rings. The van der Waals surface area contributed by atoms with Crippen LogP contribution in [0.15, 0.2) is 0 Å². The summed E-state index contributed by atoms with van der Waals surface area (Å²) in [4.78, 5) is 23.3. The third kappa shape index (κ3) is 3.26. The molecule has 0 radical (unpaired) electrons. The Labute approximate surface area is 113 Å². The van der Waals surface area contributed by atoms with E-state index in [0.29, 0.717) is 25.4 Å². The monoisotopic (exact) mass is 269 g/mol. The summed E-state index contributed by atoms with van der Waals surface area (Å²) in [5, 5.41) is 12.1. The van der Waals surface area contributed by atoms with Crippen LogP contribution in [0.2, 0.25) is 0 Å². The van der Waals surface area contributed by atoms with Crippen molar-refractivity contribution >= 4 is 11.9 Å². The van der Waals surface area contributed by atoms with Crippen LogP contribution < -0.4 is 5.32 Å². The van der Waals surface area contributed by atoms with Gasteiger partial charge in [0.25, 0.3) is 0 Å². The van der Waals surface area contributed by atoms with Gasteiger partial charge in [-0.05, 0) is 38.5 Å². The number of ether oxygens (including phenoxy) is 1. The Kier molecular flexibility index (Phi) is 4.45. The zero-order valence-corrected chi connectivity index (χ0v) is 11.6. The van der Waals surface area contributed by atoms with Crippen LogP contribution in [0.4, 0.5) is 0 Å². The predicted octanol–water partition coefficient (Wildman–Crippen LogP) is 1.42. The number of carbonyl (C=O) groups excluding carboxylic acids is 1. The van der Waals surface area contributed by atoms with Crippen molar-refractivity contribution in [3.8, 4) is 0 Å². The molecule has 2 rings (SSSR count). The second-order valence-corrected chi connectivity index (χ2v) is 5.88. The Bertz CT molecular complexity index is 351. The predicted molar refractivity (Wildman–Crippen MR) is 69.6 cm³/mol. The van der Waals surface area contributed by atoms with E-state index in [2.05, 4.69) is 5.32 Å². The van der Waals surface area contributed by atoms with Gasteiger partial charge in [0, 0.05) is 12.6 Å². The highest BCUT2D eigenvalue weighted by molar-refractivity contribution is 5.85. The third-order valence-electron chi connectivity index (χ3n) is 4.30. The Morgan fingerprint density at radius 2 is 1.84 bits per heavy atom. The van der Waals surface area contributed by atoms with E-state index >= 15 is 0 Å². The lowest BCUT2D eigenvalue weighted by Gasteiger charge is -2.36. The summed E-state index contributed by atoms with van der Waals surface area (Å²) in [6, 6.07) is 0.161. The normalized spacial score (nSPS) is 37.7. The maximum absolute atomic E-state index is 12.2. The van der Waals surface area contributed by atoms with Gasteiger partial charge in [0.15, 0.2) is 0 Å². The highest BCUT2D eigenvalue weighted by Crippen LogP contribution is 2.37. The summed E-state index contributed by atoms with van der Waals surface area (Å²) in [5.74, 6) is -1.49. The second-order valence-electron chi connectivity index (χ2n) is 5.88. The molecule has 0 aromatic rings. The van der Waals surface area contributed by atoms with Gasteiger partial charge in [-0.3, -0.25) is 9.59 Å². The summed E-state index contributed by atoms with van der Waals surface area (Å²) in [6.45, 7) is 4.67. The Hall–Kier alpha value is -1.10. The van der Waals surface area contributed by atoms with E-state index < -0.39 is 11.9 Å². The smallest absolute Gasteiger partial charge is 0.307 e. The fraction of sp³-hybridized carbons (Fsp3) is 0.857. The van der Waals surface area contributed by atoms with Gasteiger partial charge >= 0.3 is 5.97 Å². The van der Waals surface area contributed by atoms with Crippen LogP contribution in [0.5, 0.6) is 0 Å². The van der Waals surface area contributed by atoms with Crippen LogP contribution in [0, 0.1) is 17.8 Å². The minimum atomic E-state index is -0.842. The second kappa shape index (κ2) is 5.90. The van der Waals surface area contributed by atoms with Crippen LogP contribution >= 0.6 is 0 Å². The first kappa shape index (κ1) is 14.3. The van der Waals surface area contributed by atoms with E-state index in [-0.39, 0.29) is 24.0 Å². The Morgan fingerprint density at radius 3 is 2.42 bits per heavy atom. The number of aliphatic carboxylic acids is 1. The standard InChI is InChI=1S/C14H23NO4/c1-3-19-10-6-9(7-10)15-13(16)11-4-8(2)5-12(11)14(17)18/h8-12H,3-7H2,1-2H3,(H,15,16)(H,17,18). The number of carbonyl (C=O) groups is 2. The number of hydrogen-bond donors (Lipinski definition) is 2. The topological polar surface area (TPSA) is 75.6 Å². The molecular weight excluding hydrogens is 246 g/mol.